The molecular formula is C11H11NO4. The van der Waals surface area contributed by atoms with E-state index in [0.717, 1.165) is 11.8 Å². The molecule has 0 N–H and O–H groups in total. The summed E-state index contributed by atoms with van der Waals surface area (Å²) in [5.74, 6) is -0.698. The van der Waals surface area contributed by atoms with Crippen molar-refractivity contribution < 1.29 is 19.1 Å². The van der Waals surface area contributed by atoms with E-state index >= 15 is 0 Å². The summed E-state index contributed by atoms with van der Waals surface area (Å²) < 4.78 is 9.05. The van der Waals surface area contributed by atoms with Gasteiger partial charge in [-0.3, -0.25) is 0 Å². The average molecular weight is 221 g/mol. The predicted octanol–water partition coefficient (Wildman–Crippen LogP) is 1.57. The van der Waals surface area contributed by atoms with Crippen LogP contribution in [0.5, 0.6) is 0 Å². The second kappa shape index (κ2) is 6.34. The summed E-state index contributed by atoms with van der Waals surface area (Å²) in [5, 5.41) is 0. The van der Waals surface area contributed by atoms with Crippen molar-refractivity contribution in [3.8, 4) is 0 Å². The van der Waals surface area contributed by atoms with Crippen molar-refractivity contribution in [3.63, 3.8) is 0 Å². The number of nitrogens with zero attached hydrogens (tertiary/aromatic N) is 1. The zero-order chi connectivity index (χ0) is 11.8. The summed E-state index contributed by atoms with van der Waals surface area (Å²) in [4.78, 5) is 24.9. The highest BCUT2D eigenvalue weighted by molar-refractivity contribution is 6.24. The van der Waals surface area contributed by atoms with Crippen molar-refractivity contribution in [2.45, 2.75) is 6.61 Å². The molecule has 0 aromatic heterocycles. The van der Waals surface area contributed by atoms with Crippen LogP contribution in [0.4, 0.5) is 4.79 Å². The van der Waals surface area contributed by atoms with Gasteiger partial charge < -0.3 is 9.47 Å². The minimum atomic E-state index is -0.825. The molecule has 0 atom stereocenters. The van der Waals surface area contributed by atoms with E-state index in [1.54, 1.807) is 0 Å². The van der Waals surface area contributed by atoms with Crippen LogP contribution < -0.4 is 0 Å². The summed E-state index contributed by atoms with van der Waals surface area (Å²) in [5.41, 5.74) is 0.851. The van der Waals surface area contributed by atoms with Crippen molar-refractivity contribution in [2.24, 2.45) is 4.99 Å². The predicted molar refractivity (Wildman–Crippen MR) is 57.1 cm³/mol. The first-order valence-electron chi connectivity index (χ1n) is 4.55. The molecule has 1 amide bonds. The number of carbonyl (C=O) groups excluding carboxylic acids is 2. The van der Waals surface area contributed by atoms with Crippen LogP contribution in [-0.2, 0) is 20.9 Å². The largest absolute Gasteiger partial charge is 0.465 e. The normalized spacial score (nSPS) is 10.1. The van der Waals surface area contributed by atoms with Crippen LogP contribution in [0.2, 0.25) is 0 Å². The van der Waals surface area contributed by atoms with E-state index in [1.807, 2.05) is 30.3 Å². The topological polar surface area (TPSA) is 65.0 Å². The lowest BCUT2D eigenvalue weighted by Crippen LogP contribution is -2.05. The average Bonchev–Trinajstić information content (AvgIpc) is 2.34. The third-order valence-electron chi connectivity index (χ3n) is 1.68. The van der Waals surface area contributed by atoms with Gasteiger partial charge in [0.2, 0.25) is 0 Å². The van der Waals surface area contributed by atoms with Crippen molar-refractivity contribution >= 4 is 18.3 Å². The van der Waals surface area contributed by atoms with Gasteiger partial charge in [-0.15, -0.1) is 0 Å². The Hall–Kier alpha value is -2.17. The maximum absolute atomic E-state index is 11.0. The minimum Gasteiger partial charge on any atom is -0.465 e. The molecule has 16 heavy (non-hydrogen) atoms. The number of carbonyl (C=O) groups is 2. The number of esters is 1. The molecule has 5 nitrogen and oxygen atoms in total. The van der Waals surface area contributed by atoms with E-state index in [0.29, 0.717) is 0 Å². The highest BCUT2D eigenvalue weighted by atomic mass is 16.5. The third-order valence-corrected chi connectivity index (χ3v) is 1.68. The van der Waals surface area contributed by atoms with Crippen molar-refractivity contribution in [1.82, 2.24) is 0 Å². The molecule has 0 unspecified atom stereocenters. The Labute approximate surface area is 92.7 Å². The van der Waals surface area contributed by atoms with Gasteiger partial charge >= 0.3 is 12.1 Å². The molecule has 0 saturated heterocycles. The second-order valence-corrected chi connectivity index (χ2v) is 2.82. The molecule has 0 radical (unpaired) electrons. The number of methoxy groups -OCH3 is 1. The Balaban J connectivity index is 2.36. The van der Waals surface area contributed by atoms with Gasteiger partial charge in [-0.05, 0) is 5.56 Å². The van der Waals surface area contributed by atoms with Gasteiger partial charge in [0.25, 0.3) is 0 Å². The van der Waals surface area contributed by atoms with Crippen LogP contribution in [-0.4, -0.2) is 25.4 Å². The molecule has 1 aromatic rings. The Morgan fingerprint density at radius 3 is 2.62 bits per heavy atom. The Morgan fingerprint density at radius 2 is 2.00 bits per heavy atom. The van der Waals surface area contributed by atoms with E-state index in [4.69, 9.17) is 4.74 Å². The van der Waals surface area contributed by atoms with Crippen LogP contribution in [0.3, 0.4) is 0 Å². The molecule has 1 aromatic carbocycles. The van der Waals surface area contributed by atoms with Crippen LogP contribution in [0, 0.1) is 0 Å². The van der Waals surface area contributed by atoms with Gasteiger partial charge in [0, 0.05) is 0 Å². The molecule has 1 rings (SSSR count). The molecule has 84 valence electrons. The summed E-state index contributed by atoms with van der Waals surface area (Å²) in [6.45, 7) is 0.123. The fourth-order valence-electron chi connectivity index (χ4n) is 0.915. The summed E-state index contributed by atoms with van der Waals surface area (Å²) in [6.07, 6.45) is -0.0536. The molecule has 0 saturated carbocycles. The Kier molecular flexibility index (Phi) is 4.72. The summed E-state index contributed by atoms with van der Waals surface area (Å²) in [7, 11) is 1.20. The number of benzene rings is 1. The molecule has 0 aliphatic carbocycles. The number of hydrogen-bond donors (Lipinski definition) is 0. The smallest absolute Gasteiger partial charge is 0.434 e. The monoisotopic (exact) mass is 221 g/mol. The SMILES string of the molecule is COC(=O)/C=N/C(=O)OCc1ccccc1. The van der Waals surface area contributed by atoms with Crippen LogP contribution >= 0.6 is 0 Å². The maximum Gasteiger partial charge on any atom is 0.434 e. The van der Waals surface area contributed by atoms with Gasteiger partial charge in [-0.1, -0.05) is 30.3 Å². The van der Waals surface area contributed by atoms with Gasteiger partial charge in [-0.25, -0.2) is 9.59 Å². The Morgan fingerprint density at radius 1 is 1.31 bits per heavy atom. The summed E-state index contributed by atoms with van der Waals surface area (Å²) >= 11 is 0. The molecule has 0 fully saturated rings. The molecular weight excluding hydrogens is 210 g/mol. The lowest BCUT2D eigenvalue weighted by Gasteiger charge is -2.00. The zero-order valence-corrected chi connectivity index (χ0v) is 8.75. The van der Waals surface area contributed by atoms with E-state index in [1.165, 1.54) is 7.11 Å². The van der Waals surface area contributed by atoms with Gasteiger partial charge in [0.15, 0.2) is 0 Å². The van der Waals surface area contributed by atoms with Crippen molar-refractivity contribution in [3.05, 3.63) is 35.9 Å². The number of aliphatic imine (C=N–C) groups is 1. The molecule has 5 heteroatoms. The highest BCUT2D eigenvalue weighted by Crippen LogP contribution is 2.01. The number of amides is 1. The lowest BCUT2D eigenvalue weighted by atomic mass is 10.2. The Bertz CT molecular complexity index is 386. The maximum atomic E-state index is 11.0. The summed E-state index contributed by atoms with van der Waals surface area (Å²) in [6, 6.07) is 9.16. The standard InChI is InChI=1S/C11H11NO4/c1-15-10(13)7-12-11(14)16-8-9-5-3-2-4-6-9/h2-7H,8H2,1H3/b12-7+. The minimum absolute atomic E-state index is 0.123. The fourth-order valence-corrected chi connectivity index (χ4v) is 0.915. The molecule has 0 heterocycles. The van der Waals surface area contributed by atoms with E-state index in [9.17, 15) is 9.59 Å². The first kappa shape index (κ1) is 11.9. The van der Waals surface area contributed by atoms with Crippen LogP contribution in [0.15, 0.2) is 35.3 Å². The molecule has 0 aliphatic heterocycles. The van der Waals surface area contributed by atoms with Crippen molar-refractivity contribution in [2.75, 3.05) is 7.11 Å². The number of ether oxygens (including phenoxy) is 2. The van der Waals surface area contributed by atoms with E-state index < -0.39 is 12.1 Å². The third kappa shape index (κ3) is 4.36. The van der Waals surface area contributed by atoms with Crippen LogP contribution in [0.25, 0.3) is 0 Å². The molecule has 0 bridgehead atoms. The first-order valence-corrected chi connectivity index (χ1v) is 4.55. The lowest BCUT2D eigenvalue weighted by molar-refractivity contribution is -0.132. The van der Waals surface area contributed by atoms with Gasteiger partial charge in [0.1, 0.15) is 12.8 Å². The quantitative estimate of drug-likeness (QED) is 0.574. The zero-order valence-electron chi connectivity index (χ0n) is 8.75. The van der Waals surface area contributed by atoms with Crippen molar-refractivity contribution in [1.29, 1.82) is 0 Å². The van der Waals surface area contributed by atoms with E-state index in [2.05, 4.69) is 9.73 Å². The number of rotatable bonds is 3. The van der Waals surface area contributed by atoms with E-state index in [-0.39, 0.29) is 6.61 Å². The second-order valence-electron chi connectivity index (χ2n) is 2.82. The van der Waals surface area contributed by atoms with Gasteiger partial charge in [-0.2, -0.15) is 4.99 Å². The fraction of sp³-hybridized carbons (Fsp3) is 0.182. The first-order chi connectivity index (χ1) is 7.72. The molecule has 0 spiro atoms. The van der Waals surface area contributed by atoms with Crippen LogP contribution in [0.1, 0.15) is 5.56 Å². The highest BCUT2D eigenvalue weighted by Gasteiger charge is 2.01. The van der Waals surface area contributed by atoms with Gasteiger partial charge in [0.05, 0.1) is 7.11 Å². The number of hydrogen-bond acceptors (Lipinski definition) is 4. The molecule has 0 aliphatic rings.